The SMILES string of the molecule is COc1ccc(C(=O)CCCC(=O)Nc2cnccc2CO)cc1. The first kappa shape index (κ1) is 17.6. The van der Waals surface area contributed by atoms with Gasteiger partial charge in [-0.1, -0.05) is 0 Å². The van der Waals surface area contributed by atoms with Crippen molar-refractivity contribution in [1.29, 1.82) is 0 Å². The van der Waals surface area contributed by atoms with Crippen molar-refractivity contribution in [3.05, 3.63) is 53.9 Å². The van der Waals surface area contributed by atoms with Gasteiger partial charge in [0.15, 0.2) is 5.78 Å². The molecular weight excluding hydrogens is 308 g/mol. The molecule has 0 aliphatic carbocycles. The van der Waals surface area contributed by atoms with Gasteiger partial charge >= 0.3 is 0 Å². The summed E-state index contributed by atoms with van der Waals surface area (Å²) in [6.45, 7) is -0.173. The Kier molecular flexibility index (Phi) is 6.45. The number of amides is 1. The largest absolute Gasteiger partial charge is 0.497 e. The van der Waals surface area contributed by atoms with Gasteiger partial charge in [0.1, 0.15) is 5.75 Å². The van der Waals surface area contributed by atoms with Crippen molar-refractivity contribution in [2.24, 2.45) is 0 Å². The molecule has 0 radical (unpaired) electrons. The maximum Gasteiger partial charge on any atom is 0.224 e. The van der Waals surface area contributed by atoms with E-state index < -0.39 is 0 Å². The lowest BCUT2D eigenvalue weighted by atomic mass is 10.1. The van der Waals surface area contributed by atoms with Gasteiger partial charge in [-0.25, -0.2) is 0 Å². The van der Waals surface area contributed by atoms with E-state index in [-0.39, 0.29) is 24.7 Å². The molecule has 2 rings (SSSR count). The van der Waals surface area contributed by atoms with Crippen LogP contribution in [0.25, 0.3) is 0 Å². The van der Waals surface area contributed by atoms with Gasteiger partial charge in [-0.2, -0.15) is 0 Å². The summed E-state index contributed by atoms with van der Waals surface area (Å²) in [5.74, 6) is 0.477. The lowest BCUT2D eigenvalue weighted by molar-refractivity contribution is -0.116. The number of carbonyl (C=O) groups is 2. The Labute approximate surface area is 140 Å². The van der Waals surface area contributed by atoms with E-state index in [1.165, 1.54) is 6.20 Å². The summed E-state index contributed by atoms with van der Waals surface area (Å²) in [5, 5.41) is 11.9. The van der Waals surface area contributed by atoms with Gasteiger partial charge in [-0.05, 0) is 36.8 Å². The molecule has 0 bridgehead atoms. The number of aliphatic hydroxyl groups excluding tert-OH is 1. The number of carbonyl (C=O) groups excluding carboxylic acids is 2. The fourth-order valence-electron chi connectivity index (χ4n) is 2.22. The van der Waals surface area contributed by atoms with Crippen molar-refractivity contribution in [2.45, 2.75) is 25.9 Å². The average Bonchev–Trinajstić information content (AvgIpc) is 2.62. The van der Waals surface area contributed by atoms with Crippen LogP contribution in [0.4, 0.5) is 5.69 Å². The number of benzene rings is 1. The Morgan fingerprint density at radius 1 is 1.17 bits per heavy atom. The zero-order valence-electron chi connectivity index (χ0n) is 13.5. The molecule has 0 spiro atoms. The number of nitrogens with zero attached hydrogens (tertiary/aromatic N) is 1. The van der Waals surface area contributed by atoms with Gasteiger partial charge in [0, 0.05) is 30.2 Å². The molecule has 1 aromatic heterocycles. The number of ketones is 1. The third kappa shape index (κ3) is 4.89. The predicted octanol–water partition coefficient (Wildman–Crippen LogP) is 2.57. The van der Waals surface area contributed by atoms with E-state index >= 15 is 0 Å². The lowest BCUT2D eigenvalue weighted by Gasteiger charge is -2.08. The van der Waals surface area contributed by atoms with Gasteiger partial charge in [-0.15, -0.1) is 0 Å². The van der Waals surface area contributed by atoms with Gasteiger partial charge < -0.3 is 15.2 Å². The van der Waals surface area contributed by atoms with Gasteiger partial charge in [0.25, 0.3) is 0 Å². The van der Waals surface area contributed by atoms with Gasteiger partial charge in [0.05, 0.1) is 25.6 Å². The van der Waals surface area contributed by atoms with Crippen LogP contribution in [0.2, 0.25) is 0 Å². The molecule has 2 aromatic rings. The maximum absolute atomic E-state index is 12.1. The second kappa shape index (κ2) is 8.79. The predicted molar refractivity (Wildman–Crippen MR) is 90.0 cm³/mol. The second-order valence-electron chi connectivity index (χ2n) is 5.24. The van der Waals surface area contributed by atoms with Crippen LogP contribution in [-0.2, 0) is 11.4 Å². The van der Waals surface area contributed by atoms with Crippen molar-refractivity contribution in [3.63, 3.8) is 0 Å². The number of pyridine rings is 1. The minimum absolute atomic E-state index is 0.0112. The first-order valence-electron chi connectivity index (χ1n) is 7.65. The monoisotopic (exact) mass is 328 g/mol. The first-order valence-corrected chi connectivity index (χ1v) is 7.65. The summed E-state index contributed by atoms with van der Waals surface area (Å²) in [7, 11) is 1.57. The summed E-state index contributed by atoms with van der Waals surface area (Å²) in [4.78, 5) is 27.9. The smallest absolute Gasteiger partial charge is 0.224 e. The number of aliphatic hydroxyl groups is 1. The van der Waals surface area contributed by atoms with Crippen molar-refractivity contribution in [2.75, 3.05) is 12.4 Å². The average molecular weight is 328 g/mol. The first-order chi connectivity index (χ1) is 11.6. The minimum atomic E-state index is -0.208. The van der Waals surface area contributed by atoms with Crippen LogP contribution in [0.5, 0.6) is 5.75 Å². The summed E-state index contributed by atoms with van der Waals surface area (Å²) >= 11 is 0. The number of anilines is 1. The normalized spacial score (nSPS) is 10.2. The second-order valence-corrected chi connectivity index (χ2v) is 5.24. The number of nitrogens with one attached hydrogen (secondary N) is 1. The van der Waals surface area contributed by atoms with E-state index in [9.17, 15) is 14.7 Å². The van der Waals surface area contributed by atoms with Gasteiger partial charge in [0.2, 0.25) is 5.91 Å². The molecule has 0 fully saturated rings. The highest BCUT2D eigenvalue weighted by Gasteiger charge is 2.10. The Hall–Kier alpha value is -2.73. The van der Waals surface area contributed by atoms with E-state index in [1.807, 2.05) is 0 Å². The van der Waals surface area contributed by atoms with Crippen LogP contribution in [0.15, 0.2) is 42.7 Å². The Bertz CT molecular complexity index is 698. The summed E-state index contributed by atoms with van der Waals surface area (Å²) in [6.07, 6.45) is 4.01. The number of ether oxygens (including phenoxy) is 1. The maximum atomic E-state index is 12.1. The molecule has 2 N–H and O–H groups in total. The van der Waals surface area contributed by atoms with Crippen LogP contribution in [0.1, 0.15) is 35.2 Å². The Balaban J connectivity index is 1.80. The number of rotatable bonds is 8. The van der Waals surface area contributed by atoms with Gasteiger partial charge in [-0.3, -0.25) is 14.6 Å². The van der Waals surface area contributed by atoms with Crippen LogP contribution < -0.4 is 10.1 Å². The zero-order valence-corrected chi connectivity index (χ0v) is 13.5. The highest BCUT2D eigenvalue weighted by atomic mass is 16.5. The molecule has 6 heteroatoms. The zero-order chi connectivity index (χ0) is 17.4. The standard InChI is InChI=1S/C18H20N2O4/c1-24-15-7-5-13(6-8-15)17(22)3-2-4-18(23)20-16-11-19-10-9-14(16)12-21/h5-11,21H,2-4,12H2,1H3,(H,20,23). The third-order valence-electron chi connectivity index (χ3n) is 3.58. The fourth-order valence-corrected chi connectivity index (χ4v) is 2.22. The fraction of sp³-hybridized carbons (Fsp3) is 0.278. The third-order valence-corrected chi connectivity index (χ3v) is 3.58. The molecule has 0 saturated carbocycles. The minimum Gasteiger partial charge on any atom is -0.497 e. The molecule has 0 aliphatic rings. The summed E-state index contributed by atoms with van der Waals surface area (Å²) in [5.41, 5.74) is 1.70. The molecular formula is C18H20N2O4. The molecule has 0 atom stereocenters. The highest BCUT2D eigenvalue weighted by molar-refractivity contribution is 5.97. The molecule has 0 unspecified atom stereocenters. The molecule has 1 amide bonds. The van der Waals surface area contributed by atoms with E-state index in [0.717, 1.165) is 0 Å². The Morgan fingerprint density at radius 3 is 2.58 bits per heavy atom. The van der Waals surface area contributed by atoms with E-state index in [0.29, 0.717) is 35.4 Å². The number of hydrogen-bond acceptors (Lipinski definition) is 5. The quantitative estimate of drug-likeness (QED) is 0.727. The summed E-state index contributed by atoms with van der Waals surface area (Å²) < 4.78 is 5.05. The van der Waals surface area contributed by atoms with Crippen LogP contribution in [-0.4, -0.2) is 28.9 Å². The van der Waals surface area contributed by atoms with Crippen molar-refractivity contribution in [3.8, 4) is 5.75 Å². The highest BCUT2D eigenvalue weighted by Crippen LogP contribution is 2.15. The van der Waals surface area contributed by atoms with Crippen LogP contribution in [0, 0.1) is 0 Å². The number of hydrogen-bond donors (Lipinski definition) is 2. The molecule has 1 heterocycles. The van der Waals surface area contributed by atoms with Crippen molar-refractivity contribution >= 4 is 17.4 Å². The lowest BCUT2D eigenvalue weighted by Crippen LogP contribution is -2.13. The summed E-state index contributed by atoms with van der Waals surface area (Å²) in [6, 6.07) is 8.54. The topological polar surface area (TPSA) is 88.5 Å². The number of Topliss-reactive ketones (excluding diaryl/α,β-unsaturated/α-hetero) is 1. The molecule has 0 aliphatic heterocycles. The van der Waals surface area contributed by atoms with E-state index in [1.54, 1.807) is 43.6 Å². The molecule has 24 heavy (non-hydrogen) atoms. The van der Waals surface area contributed by atoms with Crippen LogP contribution >= 0.6 is 0 Å². The molecule has 0 saturated heterocycles. The molecule has 6 nitrogen and oxygen atoms in total. The van der Waals surface area contributed by atoms with E-state index in [4.69, 9.17) is 4.74 Å². The Morgan fingerprint density at radius 2 is 1.92 bits per heavy atom. The molecule has 126 valence electrons. The van der Waals surface area contributed by atoms with E-state index in [2.05, 4.69) is 10.3 Å². The van der Waals surface area contributed by atoms with Crippen molar-refractivity contribution < 1.29 is 19.4 Å². The van der Waals surface area contributed by atoms with Crippen molar-refractivity contribution in [1.82, 2.24) is 4.98 Å². The molecule has 1 aromatic carbocycles. The van der Waals surface area contributed by atoms with Crippen LogP contribution in [0.3, 0.4) is 0 Å². The number of aromatic nitrogens is 1. The number of methoxy groups -OCH3 is 1.